The molecule has 0 unspecified atom stereocenters. The highest BCUT2D eigenvalue weighted by molar-refractivity contribution is 5.94. The molecule has 0 saturated heterocycles. The molecule has 7 heteroatoms. The van der Waals surface area contributed by atoms with E-state index in [1.54, 1.807) is 16.7 Å². The second-order valence-electron chi connectivity index (χ2n) is 9.75. The lowest BCUT2D eigenvalue weighted by molar-refractivity contribution is -0.135. The van der Waals surface area contributed by atoms with E-state index < -0.39 is 0 Å². The fourth-order valence-electron chi connectivity index (χ4n) is 3.62. The maximum Gasteiger partial charge on any atom is 0.245 e. The van der Waals surface area contributed by atoms with E-state index in [0.29, 0.717) is 31.8 Å². The molecular formula is C28H36N4O3. The van der Waals surface area contributed by atoms with E-state index >= 15 is 0 Å². The monoisotopic (exact) mass is 476 g/mol. The Kier molecular flexibility index (Phi) is 8.82. The summed E-state index contributed by atoms with van der Waals surface area (Å²) in [6.07, 6.45) is 0.955. The average molecular weight is 477 g/mol. The van der Waals surface area contributed by atoms with Crippen LogP contribution in [0.25, 0.3) is 5.69 Å². The van der Waals surface area contributed by atoms with Crippen molar-refractivity contribution in [2.45, 2.75) is 46.0 Å². The van der Waals surface area contributed by atoms with Gasteiger partial charge in [-0.2, -0.15) is 5.10 Å². The van der Waals surface area contributed by atoms with Gasteiger partial charge in [0.25, 0.3) is 0 Å². The number of hydrogen-bond donors (Lipinski definition) is 1. The van der Waals surface area contributed by atoms with Gasteiger partial charge < -0.3 is 15.0 Å². The highest BCUT2D eigenvalue weighted by Crippen LogP contribution is 2.26. The fraction of sp³-hybridized carbons (Fsp3) is 0.393. The van der Waals surface area contributed by atoms with E-state index in [0.717, 1.165) is 22.5 Å². The molecule has 1 N–H and O–H groups in total. The predicted molar refractivity (Wildman–Crippen MR) is 139 cm³/mol. The maximum absolute atomic E-state index is 13.1. The Labute approximate surface area is 208 Å². The highest BCUT2D eigenvalue weighted by atomic mass is 16.5. The number of nitrogens with zero attached hydrogens (tertiary/aromatic N) is 3. The lowest BCUT2D eigenvalue weighted by Crippen LogP contribution is -2.40. The van der Waals surface area contributed by atoms with Crippen molar-refractivity contribution in [2.24, 2.45) is 0 Å². The quantitative estimate of drug-likeness (QED) is 0.467. The molecule has 0 bridgehead atoms. The highest BCUT2D eigenvalue weighted by Gasteiger charge is 2.23. The van der Waals surface area contributed by atoms with Gasteiger partial charge >= 0.3 is 0 Å². The summed E-state index contributed by atoms with van der Waals surface area (Å²) in [7, 11) is 1.58. The van der Waals surface area contributed by atoms with Crippen LogP contribution in [-0.2, 0) is 26.2 Å². The minimum absolute atomic E-state index is 0.0547. The lowest BCUT2D eigenvalue weighted by atomic mass is 9.92. The Morgan fingerprint density at radius 1 is 1.06 bits per heavy atom. The normalized spacial score (nSPS) is 11.3. The maximum atomic E-state index is 13.1. The van der Waals surface area contributed by atoms with Gasteiger partial charge in [-0.25, -0.2) is 4.68 Å². The number of rotatable bonds is 10. The van der Waals surface area contributed by atoms with Crippen LogP contribution in [0.1, 0.15) is 44.0 Å². The first-order valence-electron chi connectivity index (χ1n) is 12.0. The van der Waals surface area contributed by atoms with Crippen molar-refractivity contribution in [1.82, 2.24) is 14.7 Å². The molecule has 0 aliphatic heterocycles. The molecule has 2 amide bonds. The van der Waals surface area contributed by atoms with Crippen LogP contribution in [0.3, 0.4) is 0 Å². The van der Waals surface area contributed by atoms with Gasteiger partial charge in [-0.05, 0) is 31.0 Å². The second kappa shape index (κ2) is 11.8. The summed E-state index contributed by atoms with van der Waals surface area (Å²) in [4.78, 5) is 27.6. The summed E-state index contributed by atoms with van der Waals surface area (Å²) < 4.78 is 6.92. The zero-order chi connectivity index (χ0) is 25.4. The van der Waals surface area contributed by atoms with Crippen molar-refractivity contribution < 1.29 is 14.3 Å². The van der Waals surface area contributed by atoms with Crippen LogP contribution in [-0.4, -0.2) is 53.3 Å². The van der Waals surface area contributed by atoms with Gasteiger partial charge in [-0.15, -0.1) is 0 Å². The third-order valence-corrected chi connectivity index (χ3v) is 5.75. The smallest absolute Gasteiger partial charge is 0.245 e. The van der Waals surface area contributed by atoms with Crippen molar-refractivity contribution >= 4 is 17.6 Å². The van der Waals surface area contributed by atoms with Gasteiger partial charge in [0.1, 0.15) is 5.82 Å². The van der Waals surface area contributed by atoms with Gasteiger partial charge in [0.2, 0.25) is 11.8 Å². The van der Waals surface area contributed by atoms with E-state index in [1.165, 1.54) is 0 Å². The molecule has 0 radical (unpaired) electrons. The van der Waals surface area contributed by atoms with Crippen molar-refractivity contribution in [2.75, 3.05) is 32.1 Å². The molecule has 1 aromatic heterocycles. The van der Waals surface area contributed by atoms with Crippen LogP contribution >= 0.6 is 0 Å². The zero-order valence-electron chi connectivity index (χ0n) is 21.4. The van der Waals surface area contributed by atoms with Crippen molar-refractivity contribution in [3.8, 4) is 5.69 Å². The summed E-state index contributed by atoms with van der Waals surface area (Å²) in [5.74, 6) is 0.221. The van der Waals surface area contributed by atoms with Crippen LogP contribution in [0, 0.1) is 6.92 Å². The molecule has 0 atom stereocenters. The molecule has 35 heavy (non-hydrogen) atoms. The lowest BCUT2D eigenvalue weighted by Gasteiger charge is -2.22. The number of anilines is 1. The number of benzene rings is 2. The van der Waals surface area contributed by atoms with E-state index in [-0.39, 0.29) is 23.8 Å². The molecule has 0 fully saturated rings. The summed E-state index contributed by atoms with van der Waals surface area (Å²) in [6, 6.07) is 19.7. The van der Waals surface area contributed by atoms with Crippen LogP contribution in [0.4, 0.5) is 5.82 Å². The van der Waals surface area contributed by atoms with Gasteiger partial charge in [0.05, 0.1) is 24.5 Å². The summed E-state index contributed by atoms with van der Waals surface area (Å²) in [6.45, 7) is 8.93. The van der Waals surface area contributed by atoms with E-state index in [2.05, 4.69) is 26.1 Å². The van der Waals surface area contributed by atoms with Crippen LogP contribution in [0.2, 0.25) is 0 Å². The molecule has 2 aromatic carbocycles. The Hall–Kier alpha value is -3.45. The van der Waals surface area contributed by atoms with Gasteiger partial charge in [-0.3, -0.25) is 9.59 Å². The summed E-state index contributed by atoms with van der Waals surface area (Å²) >= 11 is 0. The van der Waals surface area contributed by atoms with E-state index in [1.807, 2.05) is 67.6 Å². The first-order valence-corrected chi connectivity index (χ1v) is 12.0. The topological polar surface area (TPSA) is 76.5 Å². The molecule has 186 valence electrons. The third kappa shape index (κ3) is 7.52. The van der Waals surface area contributed by atoms with Crippen molar-refractivity contribution in [1.29, 1.82) is 0 Å². The number of amides is 2. The van der Waals surface area contributed by atoms with Crippen LogP contribution in [0.15, 0.2) is 60.7 Å². The number of ether oxygens (including phenoxy) is 1. The number of methoxy groups -OCH3 is 1. The Morgan fingerprint density at radius 3 is 2.37 bits per heavy atom. The molecule has 1 heterocycles. The number of aromatic nitrogens is 2. The SMILES string of the molecule is COCCN(CC(=O)Nc1cc(C(C)(C)C)nn1-c1ccc(C)cc1)C(=O)CCc1ccccc1. The molecule has 0 aliphatic rings. The fourth-order valence-corrected chi connectivity index (χ4v) is 3.62. The molecule has 0 saturated carbocycles. The molecule has 0 aliphatic carbocycles. The standard InChI is InChI=1S/C28H36N4O3/c1-21-11-14-23(15-12-21)32-25(19-24(30-32)28(2,3)4)29-26(33)20-31(17-18-35-5)27(34)16-13-22-9-7-6-8-10-22/h6-12,14-15,19H,13,16-18,20H2,1-5H3,(H,29,33). The van der Waals surface area contributed by atoms with E-state index in [4.69, 9.17) is 9.84 Å². The molecule has 7 nitrogen and oxygen atoms in total. The minimum atomic E-state index is -0.275. The molecule has 3 rings (SSSR count). The zero-order valence-corrected chi connectivity index (χ0v) is 21.4. The first kappa shape index (κ1) is 26.2. The number of carbonyl (C=O) groups is 2. The van der Waals surface area contributed by atoms with Crippen molar-refractivity contribution in [3.63, 3.8) is 0 Å². The van der Waals surface area contributed by atoms with Gasteiger partial charge in [0, 0.05) is 31.6 Å². The largest absolute Gasteiger partial charge is 0.383 e. The van der Waals surface area contributed by atoms with Crippen LogP contribution in [0.5, 0.6) is 0 Å². The second-order valence-corrected chi connectivity index (χ2v) is 9.75. The Balaban J connectivity index is 1.75. The first-order chi connectivity index (χ1) is 16.7. The van der Waals surface area contributed by atoms with E-state index in [9.17, 15) is 9.59 Å². The summed E-state index contributed by atoms with van der Waals surface area (Å²) in [5, 5.41) is 7.74. The summed E-state index contributed by atoms with van der Waals surface area (Å²) in [5.41, 5.74) is 3.77. The number of aryl methyl sites for hydroxylation is 2. The molecule has 0 spiro atoms. The van der Waals surface area contributed by atoms with Gasteiger partial charge in [0.15, 0.2) is 0 Å². The third-order valence-electron chi connectivity index (χ3n) is 5.75. The predicted octanol–water partition coefficient (Wildman–Crippen LogP) is 4.52. The van der Waals surface area contributed by atoms with Crippen LogP contribution < -0.4 is 5.32 Å². The minimum Gasteiger partial charge on any atom is -0.383 e. The Morgan fingerprint density at radius 2 is 1.74 bits per heavy atom. The number of carbonyl (C=O) groups excluding carboxylic acids is 2. The molecular weight excluding hydrogens is 440 g/mol. The number of nitrogens with one attached hydrogen (secondary N) is 1. The van der Waals surface area contributed by atoms with Gasteiger partial charge in [-0.1, -0.05) is 68.8 Å². The van der Waals surface area contributed by atoms with Crippen molar-refractivity contribution in [3.05, 3.63) is 77.5 Å². The molecule has 3 aromatic rings. The average Bonchev–Trinajstić information content (AvgIpc) is 3.25. The Bertz CT molecular complexity index is 1120. The number of hydrogen-bond acceptors (Lipinski definition) is 4.